The maximum atomic E-state index is 9.31. The molecule has 3 N–H and O–H groups in total. The number of phenolic OH excluding ortho intramolecular Hbond substituents is 1. The Morgan fingerprint density at radius 1 is 0.680 bits per heavy atom. The van der Waals surface area contributed by atoms with E-state index in [0.717, 1.165) is 12.0 Å². The van der Waals surface area contributed by atoms with Crippen molar-refractivity contribution in [2.75, 3.05) is 0 Å². The predicted molar refractivity (Wildman–Crippen MR) is 110 cm³/mol. The summed E-state index contributed by atoms with van der Waals surface area (Å²) in [4.78, 5) is 0. The second kappa shape index (κ2) is 15.3. The first kappa shape index (κ1) is 22.0. The van der Waals surface area contributed by atoms with E-state index in [4.69, 9.17) is 5.73 Å². The minimum absolute atomic E-state index is 0.109. The van der Waals surface area contributed by atoms with Crippen LogP contribution in [0.5, 0.6) is 5.75 Å². The Balaban J connectivity index is 1.83. The van der Waals surface area contributed by atoms with Crippen molar-refractivity contribution in [2.24, 2.45) is 5.73 Å². The molecule has 0 saturated carbocycles. The summed E-state index contributed by atoms with van der Waals surface area (Å²) in [5, 5.41) is 9.31. The number of phenols is 1. The van der Waals surface area contributed by atoms with Gasteiger partial charge in [-0.15, -0.1) is 0 Å². The van der Waals surface area contributed by atoms with Crippen molar-refractivity contribution >= 4 is 0 Å². The lowest BCUT2D eigenvalue weighted by atomic mass is 10.00. The van der Waals surface area contributed by atoms with Crippen LogP contribution in [-0.2, 0) is 0 Å². The Hall–Kier alpha value is -1.02. The van der Waals surface area contributed by atoms with Gasteiger partial charge in [0.25, 0.3) is 0 Å². The lowest BCUT2D eigenvalue weighted by Crippen LogP contribution is -2.09. The zero-order chi connectivity index (χ0) is 18.2. The molecular formula is C23H41NO. The van der Waals surface area contributed by atoms with E-state index in [1.165, 1.54) is 89.9 Å². The van der Waals surface area contributed by atoms with Crippen LogP contribution >= 0.6 is 0 Å². The Bertz CT molecular complexity index is 401. The third-order valence-electron chi connectivity index (χ3n) is 5.19. The molecule has 1 unspecified atom stereocenters. The monoisotopic (exact) mass is 347 g/mol. The maximum absolute atomic E-state index is 9.31. The summed E-state index contributed by atoms with van der Waals surface area (Å²) in [6.45, 7) is 2.28. The van der Waals surface area contributed by atoms with Crippen LogP contribution in [0.25, 0.3) is 0 Å². The van der Waals surface area contributed by atoms with E-state index in [1.807, 2.05) is 12.1 Å². The Kier molecular flexibility index (Phi) is 13.4. The van der Waals surface area contributed by atoms with Crippen LogP contribution in [-0.4, -0.2) is 5.11 Å². The maximum Gasteiger partial charge on any atom is 0.115 e. The van der Waals surface area contributed by atoms with Crippen LogP contribution in [0.4, 0.5) is 0 Å². The highest BCUT2D eigenvalue weighted by atomic mass is 16.3. The smallest absolute Gasteiger partial charge is 0.115 e. The fourth-order valence-electron chi connectivity index (χ4n) is 3.45. The second-order valence-corrected chi connectivity index (χ2v) is 7.58. The first-order chi connectivity index (χ1) is 12.2. The van der Waals surface area contributed by atoms with Crippen LogP contribution in [0.1, 0.15) is 115 Å². The third kappa shape index (κ3) is 12.0. The van der Waals surface area contributed by atoms with Crippen LogP contribution in [0.2, 0.25) is 0 Å². The van der Waals surface area contributed by atoms with Gasteiger partial charge >= 0.3 is 0 Å². The van der Waals surface area contributed by atoms with Crippen molar-refractivity contribution in [3.05, 3.63) is 29.8 Å². The molecule has 0 aliphatic rings. The number of hydrogen-bond acceptors (Lipinski definition) is 2. The average Bonchev–Trinajstić information content (AvgIpc) is 2.62. The molecule has 25 heavy (non-hydrogen) atoms. The van der Waals surface area contributed by atoms with E-state index in [2.05, 4.69) is 6.92 Å². The number of benzene rings is 1. The van der Waals surface area contributed by atoms with Gasteiger partial charge in [-0.25, -0.2) is 0 Å². The van der Waals surface area contributed by atoms with Crippen molar-refractivity contribution in [3.8, 4) is 5.75 Å². The Morgan fingerprint density at radius 2 is 1.08 bits per heavy atom. The molecule has 0 saturated heterocycles. The number of unbranched alkanes of at least 4 members (excludes halogenated alkanes) is 13. The molecule has 0 heterocycles. The van der Waals surface area contributed by atoms with E-state index >= 15 is 0 Å². The minimum Gasteiger partial charge on any atom is -0.508 e. The van der Waals surface area contributed by atoms with E-state index in [0.29, 0.717) is 5.75 Å². The van der Waals surface area contributed by atoms with Crippen molar-refractivity contribution in [3.63, 3.8) is 0 Å². The summed E-state index contributed by atoms with van der Waals surface area (Å²) in [5.74, 6) is 0.312. The van der Waals surface area contributed by atoms with Crippen molar-refractivity contribution in [1.82, 2.24) is 0 Å². The first-order valence-electron chi connectivity index (χ1n) is 10.8. The lowest BCUT2D eigenvalue weighted by molar-refractivity contribution is 0.474. The summed E-state index contributed by atoms with van der Waals surface area (Å²) in [6.07, 6.45) is 20.5. The summed E-state index contributed by atoms with van der Waals surface area (Å²) in [5.41, 5.74) is 7.34. The summed E-state index contributed by atoms with van der Waals surface area (Å²) in [6, 6.07) is 7.42. The molecule has 144 valence electrons. The van der Waals surface area contributed by atoms with Gasteiger partial charge in [0.2, 0.25) is 0 Å². The molecule has 1 aromatic carbocycles. The van der Waals surface area contributed by atoms with Gasteiger partial charge in [0, 0.05) is 6.04 Å². The number of nitrogens with two attached hydrogens (primary N) is 1. The Labute approximate surface area is 156 Å². The van der Waals surface area contributed by atoms with E-state index < -0.39 is 0 Å². The molecule has 0 fully saturated rings. The first-order valence-corrected chi connectivity index (χ1v) is 10.8. The molecule has 2 heteroatoms. The molecule has 1 aromatic rings. The van der Waals surface area contributed by atoms with Crippen LogP contribution in [0, 0.1) is 0 Å². The molecule has 1 rings (SSSR count). The van der Waals surface area contributed by atoms with Crippen molar-refractivity contribution in [2.45, 2.75) is 109 Å². The van der Waals surface area contributed by atoms with Gasteiger partial charge in [0.1, 0.15) is 5.75 Å². The number of hydrogen-bond donors (Lipinski definition) is 2. The molecular weight excluding hydrogens is 306 g/mol. The summed E-state index contributed by atoms with van der Waals surface area (Å²) >= 11 is 0. The van der Waals surface area contributed by atoms with Gasteiger partial charge in [-0.3, -0.25) is 0 Å². The lowest BCUT2D eigenvalue weighted by Gasteiger charge is -2.11. The highest BCUT2D eigenvalue weighted by molar-refractivity contribution is 5.27. The van der Waals surface area contributed by atoms with E-state index in [9.17, 15) is 5.11 Å². The fourth-order valence-corrected chi connectivity index (χ4v) is 3.45. The molecule has 0 radical (unpaired) electrons. The topological polar surface area (TPSA) is 46.2 Å². The summed E-state index contributed by atoms with van der Waals surface area (Å²) in [7, 11) is 0. The van der Waals surface area contributed by atoms with Gasteiger partial charge in [-0.05, 0) is 24.1 Å². The second-order valence-electron chi connectivity index (χ2n) is 7.58. The number of rotatable bonds is 16. The van der Waals surface area contributed by atoms with E-state index in [1.54, 1.807) is 12.1 Å². The van der Waals surface area contributed by atoms with Crippen LogP contribution < -0.4 is 5.73 Å². The molecule has 0 aromatic heterocycles. The third-order valence-corrected chi connectivity index (χ3v) is 5.19. The van der Waals surface area contributed by atoms with Crippen molar-refractivity contribution in [1.29, 1.82) is 0 Å². The molecule has 2 nitrogen and oxygen atoms in total. The average molecular weight is 348 g/mol. The predicted octanol–water partition coefficient (Wildman–Crippen LogP) is 7.26. The molecule has 0 bridgehead atoms. The molecule has 1 atom stereocenters. The van der Waals surface area contributed by atoms with Gasteiger partial charge in [-0.2, -0.15) is 0 Å². The van der Waals surface area contributed by atoms with Gasteiger partial charge in [0.15, 0.2) is 0 Å². The van der Waals surface area contributed by atoms with Crippen LogP contribution in [0.15, 0.2) is 24.3 Å². The zero-order valence-corrected chi connectivity index (χ0v) is 16.5. The largest absolute Gasteiger partial charge is 0.508 e. The van der Waals surface area contributed by atoms with E-state index in [-0.39, 0.29) is 6.04 Å². The molecule has 0 amide bonds. The molecule has 0 aliphatic carbocycles. The van der Waals surface area contributed by atoms with Crippen molar-refractivity contribution < 1.29 is 5.11 Å². The quantitative estimate of drug-likeness (QED) is 0.309. The summed E-state index contributed by atoms with van der Waals surface area (Å²) < 4.78 is 0. The highest BCUT2D eigenvalue weighted by Crippen LogP contribution is 2.20. The fraction of sp³-hybridized carbons (Fsp3) is 0.739. The molecule has 0 spiro atoms. The Morgan fingerprint density at radius 3 is 1.52 bits per heavy atom. The normalized spacial score (nSPS) is 12.4. The minimum atomic E-state index is 0.109. The highest BCUT2D eigenvalue weighted by Gasteiger charge is 2.05. The van der Waals surface area contributed by atoms with Gasteiger partial charge < -0.3 is 10.8 Å². The number of aromatic hydroxyl groups is 1. The standard InChI is InChI=1S/C23H41NO/c1-2-3-4-5-6-7-8-9-10-11-12-13-14-15-16-23(24)21-17-19-22(25)20-18-21/h17-20,23,25H,2-16,24H2,1H3. The van der Waals surface area contributed by atoms with Gasteiger partial charge in [-0.1, -0.05) is 109 Å². The van der Waals surface area contributed by atoms with Crippen LogP contribution in [0.3, 0.4) is 0 Å². The molecule has 0 aliphatic heterocycles. The van der Waals surface area contributed by atoms with Gasteiger partial charge in [0.05, 0.1) is 0 Å². The zero-order valence-electron chi connectivity index (χ0n) is 16.5. The SMILES string of the molecule is CCCCCCCCCCCCCCCCC(N)c1ccc(O)cc1.